The number of benzene rings is 4. The van der Waals surface area contributed by atoms with Gasteiger partial charge >= 0.3 is 0 Å². The second-order valence-electron chi connectivity index (χ2n) is 9.39. The van der Waals surface area contributed by atoms with Crippen molar-refractivity contribution in [1.82, 2.24) is 9.99 Å². The molecule has 1 amide bonds. The summed E-state index contributed by atoms with van der Waals surface area (Å²) in [5.41, 5.74) is 3.53. The molecule has 1 N–H and O–H groups in total. The number of amides is 1. The number of nitrogens with zero attached hydrogens (tertiary/aromatic N) is 3. The third-order valence-electron chi connectivity index (χ3n) is 6.93. The zero-order valence-corrected chi connectivity index (χ0v) is 22.5. The maximum atomic E-state index is 13.7. The third kappa shape index (κ3) is 4.60. The average molecular weight is 593 g/mol. The van der Waals surface area contributed by atoms with E-state index in [-0.39, 0.29) is 23.6 Å². The Morgan fingerprint density at radius 2 is 1.65 bits per heavy atom. The molecule has 0 spiro atoms. The first-order valence-corrected chi connectivity index (χ1v) is 13.3. The fourth-order valence-electron chi connectivity index (χ4n) is 5.11. The SMILES string of the molecule is O=C(c1ccccc1)N1N=C(c2c(-c3ccccc3)c3cc(Br)ccc3[nH]c2=O)C[C@@H]1c1cccc([N+](=O)[O-])c1. The maximum absolute atomic E-state index is 13.7. The molecule has 6 rings (SSSR count). The Morgan fingerprint density at radius 1 is 0.925 bits per heavy atom. The van der Waals surface area contributed by atoms with Crippen LogP contribution >= 0.6 is 15.9 Å². The standard InChI is InChI=1S/C31H21BrN4O4/c32-22-14-15-25-24(17-22)28(19-8-3-1-4-9-19)29(30(37)33-25)26-18-27(21-12-7-13-23(16-21)36(39)40)35(34-26)31(38)20-10-5-2-6-11-20/h1-17,27H,18H2,(H,33,37)/t27-/m1/s1. The van der Waals surface area contributed by atoms with Crippen molar-refractivity contribution in [1.29, 1.82) is 0 Å². The van der Waals surface area contributed by atoms with Gasteiger partial charge in [-0.15, -0.1) is 0 Å². The van der Waals surface area contributed by atoms with Gasteiger partial charge in [-0.05, 0) is 41.5 Å². The number of nitro groups is 1. The maximum Gasteiger partial charge on any atom is 0.274 e. The zero-order valence-electron chi connectivity index (χ0n) is 21.0. The van der Waals surface area contributed by atoms with Crippen molar-refractivity contribution in [3.05, 3.63) is 145 Å². The molecule has 1 aromatic heterocycles. The van der Waals surface area contributed by atoms with Crippen LogP contribution in [0.1, 0.15) is 33.9 Å². The molecule has 5 aromatic rings. The van der Waals surface area contributed by atoms with Gasteiger partial charge in [-0.2, -0.15) is 5.10 Å². The van der Waals surface area contributed by atoms with E-state index in [0.717, 1.165) is 15.4 Å². The number of fused-ring (bicyclic) bond motifs is 1. The minimum atomic E-state index is -0.649. The fraction of sp³-hybridized carbons (Fsp3) is 0.0645. The van der Waals surface area contributed by atoms with E-state index in [1.807, 2.05) is 54.6 Å². The Morgan fingerprint density at radius 3 is 2.38 bits per heavy atom. The van der Waals surface area contributed by atoms with Crippen LogP contribution in [0.5, 0.6) is 0 Å². The summed E-state index contributed by atoms with van der Waals surface area (Å²) >= 11 is 3.55. The number of nitrogens with one attached hydrogen (secondary N) is 1. The Labute approximate surface area is 236 Å². The van der Waals surface area contributed by atoms with E-state index >= 15 is 0 Å². The molecule has 2 heterocycles. The highest BCUT2D eigenvalue weighted by atomic mass is 79.9. The Hall–Kier alpha value is -4.89. The topological polar surface area (TPSA) is 109 Å². The molecule has 0 fully saturated rings. The number of aromatic amines is 1. The van der Waals surface area contributed by atoms with Crippen molar-refractivity contribution < 1.29 is 9.72 Å². The predicted molar refractivity (Wildman–Crippen MR) is 157 cm³/mol. The van der Waals surface area contributed by atoms with E-state index in [1.54, 1.807) is 36.4 Å². The van der Waals surface area contributed by atoms with Crippen LogP contribution in [0.25, 0.3) is 22.0 Å². The number of hydrogen-bond acceptors (Lipinski definition) is 5. The number of pyridine rings is 1. The normalized spacial score (nSPS) is 14.8. The molecule has 0 saturated heterocycles. The largest absolute Gasteiger partial charge is 0.321 e. The average Bonchev–Trinajstić information content (AvgIpc) is 3.42. The summed E-state index contributed by atoms with van der Waals surface area (Å²) in [6, 6.07) is 29.5. The molecule has 9 heteroatoms. The van der Waals surface area contributed by atoms with Crippen LogP contribution < -0.4 is 5.56 Å². The van der Waals surface area contributed by atoms with Crippen molar-refractivity contribution >= 4 is 44.1 Å². The lowest BCUT2D eigenvalue weighted by atomic mass is 9.91. The molecule has 1 aliphatic rings. The van der Waals surface area contributed by atoms with E-state index in [9.17, 15) is 19.7 Å². The summed E-state index contributed by atoms with van der Waals surface area (Å²) in [6.45, 7) is 0. The molecule has 0 aliphatic carbocycles. The van der Waals surface area contributed by atoms with Gasteiger partial charge in [-0.3, -0.25) is 19.7 Å². The van der Waals surface area contributed by atoms with Gasteiger partial charge in [0.05, 0.1) is 22.2 Å². The van der Waals surface area contributed by atoms with Crippen molar-refractivity contribution in [2.75, 3.05) is 0 Å². The molecule has 1 aliphatic heterocycles. The molecular formula is C31H21BrN4O4. The van der Waals surface area contributed by atoms with Crippen LogP contribution in [0.15, 0.2) is 117 Å². The Bertz CT molecular complexity index is 1870. The molecule has 196 valence electrons. The van der Waals surface area contributed by atoms with Gasteiger partial charge in [-0.25, -0.2) is 5.01 Å². The summed E-state index contributed by atoms with van der Waals surface area (Å²) in [5, 5.41) is 18.4. The summed E-state index contributed by atoms with van der Waals surface area (Å²) in [7, 11) is 0. The van der Waals surface area contributed by atoms with Crippen LogP contribution in [0, 0.1) is 10.1 Å². The highest BCUT2D eigenvalue weighted by Crippen LogP contribution is 2.38. The van der Waals surface area contributed by atoms with Gasteiger partial charge in [0.1, 0.15) is 0 Å². The number of hydrazone groups is 1. The zero-order chi connectivity index (χ0) is 27.8. The third-order valence-corrected chi connectivity index (χ3v) is 7.43. The quantitative estimate of drug-likeness (QED) is 0.177. The van der Waals surface area contributed by atoms with Gasteiger partial charge in [0.2, 0.25) is 0 Å². The number of aromatic nitrogens is 1. The van der Waals surface area contributed by atoms with Gasteiger partial charge in [0.15, 0.2) is 0 Å². The van der Waals surface area contributed by atoms with E-state index in [0.29, 0.717) is 33.5 Å². The summed E-state index contributed by atoms with van der Waals surface area (Å²) in [5.74, 6) is -0.367. The van der Waals surface area contributed by atoms with Crippen LogP contribution in [-0.4, -0.2) is 26.5 Å². The first-order valence-electron chi connectivity index (χ1n) is 12.5. The monoisotopic (exact) mass is 592 g/mol. The number of carbonyl (C=O) groups excluding carboxylic acids is 1. The highest BCUT2D eigenvalue weighted by molar-refractivity contribution is 9.10. The van der Waals surface area contributed by atoms with Crippen molar-refractivity contribution in [2.45, 2.75) is 12.5 Å². The van der Waals surface area contributed by atoms with E-state index < -0.39 is 11.0 Å². The molecule has 0 unspecified atom stereocenters. The van der Waals surface area contributed by atoms with Crippen molar-refractivity contribution in [2.24, 2.45) is 5.10 Å². The number of halogens is 1. The molecule has 0 bridgehead atoms. The van der Waals surface area contributed by atoms with Crippen LogP contribution in [0.3, 0.4) is 0 Å². The van der Waals surface area contributed by atoms with E-state index in [1.165, 1.54) is 17.1 Å². The molecule has 1 atom stereocenters. The van der Waals surface area contributed by atoms with Crippen molar-refractivity contribution in [3.8, 4) is 11.1 Å². The summed E-state index contributed by atoms with van der Waals surface area (Å²) in [6.07, 6.45) is 0.197. The fourth-order valence-corrected chi connectivity index (χ4v) is 5.47. The first-order chi connectivity index (χ1) is 19.4. The number of rotatable bonds is 5. The minimum absolute atomic E-state index is 0.0866. The second kappa shape index (κ2) is 10.3. The van der Waals surface area contributed by atoms with Gasteiger partial charge < -0.3 is 4.98 Å². The molecule has 0 radical (unpaired) electrons. The smallest absolute Gasteiger partial charge is 0.274 e. The molecule has 8 nitrogen and oxygen atoms in total. The minimum Gasteiger partial charge on any atom is -0.321 e. The predicted octanol–water partition coefficient (Wildman–Crippen LogP) is 6.86. The number of H-pyrrole nitrogens is 1. The van der Waals surface area contributed by atoms with E-state index in [2.05, 4.69) is 20.9 Å². The Kier molecular flexibility index (Phi) is 6.57. The Balaban J connectivity index is 1.57. The van der Waals surface area contributed by atoms with Crippen LogP contribution in [0.2, 0.25) is 0 Å². The second-order valence-corrected chi connectivity index (χ2v) is 10.3. The van der Waals surface area contributed by atoms with Gasteiger partial charge in [-0.1, -0.05) is 76.6 Å². The lowest BCUT2D eigenvalue weighted by molar-refractivity contribution is -0.384. The molecule has 0 saturated carbocycles. The van der Waals surface area contributed by atoms with Gasteiger partial charge in [0, 0.05) is 45.1 Å². The molecular weight excluding hydrogens is 572 g/mol. The highest BCUT2D eigenvalue weighted by Gasteiger charge is 2.36. The lowest BCUT2D eigenvalue weighted by Gasteiger charge is -2.22. The summed E-state index contributed by atoms with van der Waals surface area (Å²) < 4.78 is 0.846. The number of non-ortho nitro benzene ring substituents is 1. The number of nitro benzene ring substituents is 1. The van der Waals surface area contributed by atoms with Crippen LogP contribution in [-0.2, 0) is 0 Å². The van der Waals surface area contributed by atoms with Gasteiger partial charge in [0.25, 0.3) is 17.2 Å². The van der Waals surface area contributed by atoms with Crippen molar-refractivity contribution in [3.63, 3.8) is 0 Å². The number of carbonyl (C=O) groups is 1. The van der Waals surface area contributed by atoms with E-state index in [4.69, 9.17) is 5.10 Å². The lowest BCUT2D eigenvalue weighted by Crippen LogP contribution is -2.27. The number of hydrogen-bond donors (Lipinski definition) is 1. The first kappa shape index (κ1) is 25.4. The molecule has 4 aromatic carbocycles. The van der Waals surface area contributed by atoms with Crippen LogP contribution in [0.4, 0.5) is 5.69 Å². The summed E-state index contributed by atoms with van der Waals surface area (Å²) in [4.78, 5) is 41.5. The molecule has 40 heavy (non-hydrogen) atoms.